The van der Waals surface area contributed by atoms with Crippen molar-refractivity contribution in [3.8, 4) is 5.75 Å². The molecule has 142 valence electrons. The summed E-state index contributed by atoms with van der Waals surface area (Å²) < 4.78 is 5.42. The largest absolute Gasteiger partial charge is 0.496 e. The van der Waals surface area contributed by atoms with Crippen LogP contribution < -0.4 is 10.5 Å². The Morgan fingerprint density at radius 2 is 1.85 bits per heavy atom. The summed E-state index contributed by atoms with van der Waals surface area (Å²) in [5.41, 5.74) is 6.53. The molecule has 2 fully saturated rings. The standard InChI is InChI=1S/C19H28N4O3/c1-26-17-7-3-2-5-15(17)13-21-9-11-22(12-10-21)18(24)16-6-4-8-23(14-16)19(20)25/h2-3,5,7,16H,4,6,8-14H2,1H3,(H2,20,25)/t16-/m0/s1. The van der Waals surface area contributed by atoms with Gasteiger partial charge in [-0.25, -0.2) is 4.79 Å². The number of nitrogens with two attached hydrogens (primary N) is 1. The van der Waals surface area contributed by atoms with Crippen molar-refractivity contribution < 1.29 is 14.3 Å². The molecule has 1 aromatic carbocycles. The Morgan fingerprint density at radius 3 is 2.54 bits per heavy atom. The Bertz CT molecular complexity index is 643. The van der Waals surface area contributed by atoms with Crippen LogP contribution in [0.1, 0.15) is 18.4 Å². The first-order valence-electron chi connectivity index (χ1n) is 9.26. The van der Waals surface area contributed by atoms with Crippen LogP contribution in [-0.2, 0) is 11.3 Å². The van der Waals surface area contributed by atoms with Gasteiger partial charge in [0.15, 0.2) is 0 Å². The van der Waals surface area contributed by atoms with E-state index in [1.807, 2.05) is 23.1 Å². The molecule has 2 saturated heterocycles. The van der Waals surface area contributed by atoms with Crippen molar-refractivity contribution in [3.63, 3.8) is 0 Å². The van der Waals surface area contributed by atoms with Crippen LogP contribution in [0.5, 0.6) is 5.75 Å². The predicted molar refractivity (Wildman–Crippen MR) is 98.7 cm³/mol. The molecule has 7 nitrogen and oxygen atoms in total. The Balaban J connectivity index is 1.51. The van der Waals surface area contributed by atoms with Gasteiger partial charge >= 0.3 is 6.03 Å². The molecule has 3 amide bonds. The number of urea groups is 1. The topological polar surface area (TPSA) is 79.1 Å². The fraction of sp³-hybridized carbons (Fsp3) is 0.579. The van der Waals surface area contributed by atoms with Crippen LogP contribution >= 0.6 is 0 Å². The number of carbonyl (C=O) groups is 2. The number of para-hydroxylation sites is 1. The smallest absolute Gasteiger partial charge is 0.314 e. The van der Waals surface area contributed by atoms with E-state index in [4.69, 9.17) is 10.5 Å². The van der Waals surface area contributed by atoms with Crippen molar-refractivity contribution in [3.05, 3.63) is 29.8 Å². The first kappa shape index (κ1) is 18.5. The third kappa shape index (κ3) is 4.27. The molecular weight excluding hydrogens is 332 g/mol. The van der Waals surface area contributed by atoms with Gasteiger partial charge in [-0.05, 0) is 18.9 Å². The highest BCUT2D eigenvalue weighted by molar-refractivity contribution is 5.80. The minimum Gasteiger partial charge on any atom is -0.496 e. The zero-order chi connectivity index (χ0) is 18.5. The number of rotatable bonds is 4. The molecule has 0 saturated carbocycles. The second-order valence-electron chi connectivity index (χ2n) is 7.04. The minimum absolute atomic E-state index is 0.114. The summed E-state index contributed by atoms with van der Waals surface area (Å²) in [6.45, 7) is 5.07. The summed E-state index contributed by atoms with van der Waals surface area (Å²) in [7, 11) is 1.69. The van der Waals surface area contributed by atoms with E-state index in [2.05, 4.69) is 11.0 Å². The van der Waals surface area contributed by atoms with Crippen molar-refractivity contribution in [2.75, 3.05) is 46.4 Å². The summed E-state index contributed by atoms with van der Waals surface area (Å²) in [6, 6.07) is 7.62. The quantitative estimate of drug-likeness (QED) is 0.873. The van der Waals surface area contributed by atoms with Gasteiger partial charge in [0.2, 0.25) is 5.91 Å². The van der Waals surface area contributed by atoms with E-state index >= 15 is 0 Å². The molecule has 2 N–H and O–H groups in total. The lowest BCUT2D eigenvalue weighted by atomic mass is 9.96. The number of likely N-dealkylation sites (tertiary alicyclic amines) is 1. The number of carbonyl (C=O) groups excluding carboxylic acids is 2. The highest BCUT2D eigenvalue weighted by Crippen LogP contribution is 2.22. The van der Waals surface area contributed by atoms with Gasteiger partial charge in [0.1, 0.15) is 5.75 Å². The maximum absolute atomic E-state index is 12.8. The van der Waals surface area contributed by atoms with Crippen LogP contribution in [0.3, 0.4) is 0 Å². The predicted octanol–water partition coefficient (Wildman–Crippen LogP) is 1.13. The lowest BCUT2D eigenvalue weighted by molar-refractivity contribution is -0.138. The molecule has 3 rings (SSSR count). The van der Waals surface area contributed by atoms with Crippen molar-refractivity contribution in [2.24, 2.45) is 11.7 Å². The minimum atomic E-state index is -0.427. The van der Waals surface area contributed by atoms with E-state index in [1.54, 1.807) is 12.0 Å². The van der Waals surface area contributed by atoms with Gasteiger partial charge in [-0.2, -0.15) is 0 Å². The maximum Gasteiger partial charge on any atom is 0.314 e. The van der Waals surface area contributed by atoms with Gasteiger partial charge in [0.25, 0.3) is 0 Å². The molecule has 0 bridgehead atoms. The molecule has 0 aromatic heterocycles. The van der Waals surface area contributed by atoms with Gasteiger partial charge in [0, 0.05) is 51.4 Å². The van der Waals surface area contributed by atoms with Crippen molar-refractivity contribution in [1.29, 1.82) is 0 Å². The third-order valence-corrected chi connectivity index (χ3v) is 5.35. The number of nitrogens with zero attached hydrogens (tertiary/aromatic N) is 3. The van der Waals surface area contributed by atoms with E-state index in [0.29, 0.717) is 13.1 Å². The third-order valence-electron chi connectivity index (χ3n) is 5.35. The second-order valence-corrected chi connectivity index (χ2v) is 7.04. The molecule has 26 heavy (non-hydrogen) atoms. The molecule has 1 aromatic rings. The van der Waals surface area contributed by atoms with Crippen molar-refractivity contribution >= 4 is 11.9 Å². The molecule has 0 radical (unpaired) electrons. The van der Waals surface area contributed by atoms with Gasteiger partial charge < -0.3 is 20.3 Å². The van der Waals surface area contributed by atoms with Gasteiger partial charge in [-0.1, -0.05) is 18.2 Å². The number of primary amides is 1. The number of piperidine rings is 1. The van der Waals surface area contributed by atoms with E-state index in [-0.39, 0.29) is 11.8 Å². The summed E-state index contributed by atoms with van der Waals surface area (Å²) >= 11 is 0. The van der Waals surface area contributed by atoms with Crippen LogP contribution in [0.4, 0.5) is 4.79 Å². The van der Waals surface area contributed by atoms with Crippen molar-refractivity contribution in [2.45, 2.75) is 19.4 Å². The molecular formula is C19H28N4O3. The number of hydrogen-bond donors (Lipinski definition) is 1. The number of hydrogen-bond acceptors (Lipinski definition) is 4. The number of amides is 3. The number of piperazine rings is 1. The second kappa shape index (κ2) is 8.40. The fourth-order valence-corrected chi connectivity index (χ4v) is 3.84. The zero-order valence-electron chi connectivity index (χ0n) is 15.4. The highest BCUT2D eigenvalue weighted by Gasteiger charge is 2.32. The van der Waals surface area contributed by atoms with Gasteiger partial charge in [-0.3, -0.25) is 9.69 Å². The van der Waals surface area contributed by atoms with E-state index in [0.717, 1.165) is 51.3 Å². The van der Waals surface area contributed by atoms with E-state index in [1.165, 1.54) is 5.56 Å². The van der Waals surface area contributed by atoms with Crippen LogP contribution in [-0.4, -0.2) is 73.0 Å². The Hall–Kier alpha value is -2.28. The SMILES string of the molecule is COc1ccccc1CN1CCN(C(=O)[C@H]2CCCN(C(N)=O)C2)CC1. The molecule has 0 unspecified atom stereocenters. The summed E-state index contributed by atoms with van der Waals surface area (Å²) in [4.78, 5) is 30.0. The monoisotopic (exact) mass is 360 g/mol. The normalized spacial score (nSPS) is 21.5. The average Bonchev–Trinajstić information content (AvgIpc) is 2.68. The van der Waals surface area contributed by atoms with Crippen LogP contribution in [0, 0.1) is 5.92 Å². The van der Waals surface area contributed by atoms with E-state index < -0.39 is 6.03 Å². The number of ether oxygens (including phenoxy) is 1. The Morgan fingerprint density at radius 1 is 1.12 bits per heavy atom. The Kier molecular flexibility index (Phi) is 5.98. The summed E-state index contributed by atoms with van der Waals surface area (Å²) in [6.07, 6.45) is 1.68. The average molecular weight is 360 g/mol. The molecule has 7 heteroatoms. The first-order valence-corrected chi connectivity index (χ1v) is 9.26. The van der Waals surface area contributed by atoms with Crippen LogP contribution in [0.2, 0.25) is 0 Å². The van der Waals surface area contributed by atoms with Crippen LogP contribution in [0.25, 0.3) is 0 Å². The molecule has 2 heterocycles. The molecule has 0 spiro atoms. The highest BCUT2D eigenvalue weighted by atomic mass is 16.5. The molecule has 0 aliphatic carbocycles. The van der Waals surface area contributed by atoms with Gasteiger partial charge in [0.05, 0.1) is 13.0 Å². The van der Waals surface area contributed by atoms with Crippen LogP contribution in [0.15, 0.2) is 24.3 Å². The van der Waals surface area contributed by atoms with E-state index in [9.17, 15) is 9.59 Å². The van der Waals surface area contributed by atoms with Gasteiger partial charge in [-0.15, -0.1) is 0 Å². The lowest BCUT2D eigenvalue weighted by Crippen LogP contribution is -2.53. The fourth-order valence-electron chi connectivity index (χ4n) is 3.84. The maximum atomic E-state index is 12.8. The first-order chi connectivity index (χ1) is 12.6. The lowest BCUT2D eigenvalue weighted by Gasteiger charge is -2.38. The molecule has 1 atom stereocenters. The van der Waals surface area contributed by atoms with Crippen molar-refractivity contribution in [1.82, 2.24) is 14.7 Å². The number of methoxy groups -OCH3 is 1. The Labute approximate surface area is 154 Å². The summed E-state index contributed by atoms with van der Waals surface area (Å²) in [5.74, 6) is 0.949. The molecule has 2 aliphatic rings. The molecule has 2 aliphatic heterocycles. The summed E-state index contributed by atoms with van der Waals surface area (Å²) in [5, 5.41) is 0. The number of benzene rings is 1. The zero-order valence-corrected chi connectivity index (χ0v) is 15.4.